The summed E-state index contributed by atoms with van der Waals surface area (Å²) in [7, 11) is 0. The van der Waals surface area contributed by atoms with Crippen LogP contribution in [0.15, 0.2) is 91.0 Å². The van der Waals surface area contributed by atoms with Crippen LogP contribution in [0.1, 0.15) is 16.7 Å². The zero-order chi connectivity index (χ0) is 39.3. The summed E-state index contributed by atoms with van der Waals surface area (Å²) in [6.45, 7) is 11.1. The van der Waals surface area contributed by atoms with Gasteiger partial charge in [0.05, 0.1) is 145 Å². The predicted molar refractivity (Wildman–Crippen MR) is 213 cm³/mol. The van der Waals surface area contributed by atoms with Gasteiger partial charge in [-0.2, -0.15) is 0 Å². The smallest absolute Gasteiger partial charge is 0.143 e. The molecule has 0 heterocycles. The number of ether oxygens (including phenoxy) is 12. The third-order valence-electron chi connectivity index (χ3n) is 7.99. The molecule has 0 aromatic heterocycles. The van der Waals surface area contributed by atoms with Crippen LogP contribution in [0.5, 0.6) is 0 Å². The van der Waals surface area contributed by atoms with Crippen molar-refractivity contribution in [3.05, 3.63) is 108 Å². The molecule has 0 unspecified atom stereocenters. The summed E-state index contributed by atoms with van der Waals surface area (Å²) in [5, 5.41) is 0. The highest BCUT2D eigenvalue weighted by Gasteiger charge is 2.37. The maximum Gasteiger partial charge on any atom is 0.143 e. The molecule has 0 fully saturated rings. The van der Waals surface area contributed by atoms with Crippen molar-refractivity contribution in [2.75, 3.05) is 152 Å². The van der Waals surface area contributed by atoms with E-state index in [-0.39, 0.29) is 0 Å². The Morgan fingerprint density at radius 2 is 0.518 bits per heavy atom. The largest absolute Gasteiger partial charge is 0.377 e. The van der Waals surface area contributed by atoms with Crippen molar-refractivity contribution in [2.24, 2.45) is 0 Å². The number of hydrogen-bond acceptors (Lipinski definition) is 12. The molecule has 0 atom stereocenters. The molecule has 12 heteroatoms. The Kier molecular flexibility index (Phi) is 28.5. The van der Waals surface area contributed by atoms with E-state index >= 15 is 0 Å². The van der Waals surface area contributed by atoms with Crippen molar-refractivity contribution in [1.82, 2.24) is 0 Å². The average Bonchev–Trinajstić information content (AvgIpc) is 3.24. The molecular formula is C44H62O12. The van der Waals surface area contributed by atoms with Gasteiger partial charge >= 0.3 is 0 Å². The zero-order valence-corrected chi connectivity index (χ0v) is 32.9. The second-order valence-corrected chi connectivity index (χ2v) is 12.0. The summed E-state index contributed by atoms with van der Waals surface area (Å²) in [5.74, 6) is 2.40. The Morgan fingerprint density at radius 3 is 0.750 bits per heavy atom. The van der Waals surface area contributed by atoms with Gasteiger partial charge in [0, 0.05) is 0 Å². The minimum atomic E-state index is -0.754. The highest BCUT2D eigenvalue weighted by Crippen LogP contribution is 2.40. The maximum absolute atomic E-state index is 6.73. The van der Waals surface area contributed by atoms with Crippen LogP contribution in [0.2, 0.25) is 0 Å². The van der Waals surface area contributed by atoms with Gasteiger partial charge in [0.15, 0.2) is 0 Å². The van der Waals surface area contributed by atoms with Crippen molar-refractivity contribution in [2.45, 2.75) is 5.60 Å². The Morgan fingerprint density at radius 1 is 0.304 bits per heavy atom. The predicted octanol–water partition coefficient (Wildman–Crippen LogP) is 4.81. The van der Waals surface area contributed by atoms with Crippen molar-refractivity contribution in [1.29, 1.82) is 0 Å². The zero-order valence-electron chi connectivity index (χ0n) is 32.9. The lowest BCUT2D eigenvalue weighted by molar-refractivity contribution is -0.0399. The van der Waals surface area contributed by atoms with Gasteiger partial charge in [-0.3, -0.25) is 0 Å². The third-order valence-corrected chi connectivity index (χ3v) is 7.99. The van der Waals surface area contributed by atoms with E-state index < -0.39 is 5.60 Å². The van der Waals surface area contributed by atoms with E-state index in [9.17, 15) is 0 Å². The first-order valence-electron chi connectivity index (χ1n) is 19.5. The van der Waals surface area contributed by atoms with Crippen LogP contribution < -0.4 is 0 Å². The van der Waals surface area contributed by atoms with Crippen LogP contribution in [-0.2, 0) is 62.4 Å². The molecule has 0 saturated heterocycles. The Balaban J connectivity index is 1.04. The maximum atomic E-state index is 6.73. The number of hydrogen-bond donors (Lipinski definition) is 0. The standard InChI is InChI=1S/C44H62O12/c1-2-18-45-19-20-46-21-22-47-23-24-48-25-26-49-27-28-50-29-30-51-31-32-52-33-34-53-35-36-54-37-38-55-39-40-56-44(41-12-6-3-7-13-41,42-14-8-4-9-15-42)43-16-10-5-11-17-43/h1,3-17H,18-40H2. The third kappa shape index (κ3) is 21.3. The second kappa shape index (κ2) is 33.8. The Bertz CT molecular complexity index is 1230. The lowest BCUT2D eigenvalue weighted by Crippen LogP contribution is -2.34. The first-order valence-corrected chi connectivity index (χ1v) is 19.5. The molecule has 0 bridgehead atoms. The topological polar surface area (TPSA) is 111 Å². The molecule has 0 N–H and O–H groups in total. The fourth-order valence-electron chi connectivity index (χ4n) is 5.35. The number of benzene rings is 3. The van der Waals surface area contributed by atoms with E-state index in [0.29, 0.717) is 152 Å². The van der Waals surface area contributed by atoms with Gasteiger partial charge in [0.1, 0.15) is 12.2 Å². The van der Waals surface area contributed by atoms with Crippen LogP contribution in [-0.4, -0.2) is 152 Å². The molecule has 0 aliphatic rings. The van der Waals surface area contributed by atoms with E-state index in [1.807, 2.05) is 54.6 Å². The van der Waals surface area contributed by atoms with Gasteiger partial charge < -0.3 is 56.8 Å². The molecule has 310 valence electrons. The van der Waals surface area contributed by atoms with Gasteiger partial charge in [-0.1, -0.05) is 96.9 Å². The van der Waals surface area contributed by atoms with E-state index in [1.54, 1.807) is 0 Å². The lowest BCUT2D eigenvalue weighted by atomic mass is 9.80. The van der Waals surface area contributed by atoms with E-state index in [2.05, 4.69) is 42.3 Å². The van der Waals surface area contributed by atoms with Gasteiger partial charge in [0.25, 0.3) is 0 Å². The van der Waals surface area contributed by atoms with Gasteiger partial charge in [0.2, 0.25) is 0 Å². The molecule has 3 aromatic rings. The van der Waals surface area contributed by atoms with Crippen LogP contribution in [0.4, 0.5) is 0 Å². The summed E-state index contributed by atoms with van der Waals surface area (Å²) < 4.78 is 67.3. The fraction of sp³-hybridized carbons (Fsp3) is 0.545. The number of rotatable bonds is 38. The monoisotopic (exact) mass is 782 g/mol. The Labute approximate surface area is 333 Å². The van der Waals surface area contributed by atoms with Gasteiger partial charge in [-0.15, -0.1) is 6.42 Å². The van der Waals surface area contributed by atoms with Crippen LogP contribution in [0, 0.1) is 12.3 Å². The summed E-state index contributed by atoms with van der Waals surface area (Å²) in [6, 6.07) is 31.0. The lowest BCUT2D eigenvalue weighted by Gasteiger charge is -2.36. The first kappa shape index (κ1) is 47.1. The van der Waals surface area contributed by atoms with Crippen LogP contribution >= 0.6 is 0 Å². The minimum absolute atomic E-state index is 0.304. The molecule has 0 spiro atoms. The average molecular weight is 783 g/mol. The van der Waals surface area contributed by atoms with Crippen LogP contribution in [0.3, 0.4) is 0 Å². The highest BCUT2D eigenvalue weighted by molar-refractivity contribution is 5.47. The Hall–Kier alpha value is -3.26. The summed E-state index contributed by atoms with van der Waals surface area (Å²) in [5.41, 5.74) is 2.44. The molecule has 0 aliphatic carbocycles. The molecule has 3 rings (SSSR count). The molecule has 12 nitrogen and oxygen atoms in total. The molecule has 0 radical (unpaired) electrons. The van der Waals surface area contributed by atoms with E-state index in [4.69, 9.17) is 63.3 Å². The van der Waals surface area contributed by atoms with Crippen LogP contribution in [0.25, 0.3) is 0 Å². The summed E-state index contributed by atoms with van der Waals surface area (Å²) >= 11 is 0. The van der Waals surface area contributed by atoms with E-state index in [0.717, 1.165) is 16.7 Å². The summed E-state index contributed by atoms with van der Waals surface area (Å²) in [4.78, 5) is 0. The normalized spacial score (nSPS) is 11.6. The number of terminal acetylenes is 1. The fourth-order valence-corrected chi connectivity index (χ4v) is 5.35. The highest BCUT2D eigenvalue weighted by atomic mass is 16.6. The van der Waals surface area contributed by atoms with Crippen molar-refractivity contribution >= 4 is 0 Å². The summed E-state index contributed by atoms with van der Waals surface area (Å²) in [6.07, 6.45) is 5.09. The molecule has 0 amide bonds. The SMILES string of the molecule is C#CCOCCOCCOCCOCCOCCOCCOCCOCCOCCOCCOCCOC(c1ccccc1)(c1ccccc1)c1ccccc1. The first-order chi connectivity index (χ1) is 27.9. The molecular weight excluding hydrogens is 720 g/mol. The van der Waals surface area contributed by atoms with Gasteiger partial charge in [-0.25, -0.2) is 0 Å². The second-order valence-electron chi connectivity index (χ2n) is 12.0. The molecule has 56 heavy (non-hydrogen) atoms. The quantitative estimate of drug-likeness (QED) is 0.0452. The van der Waals surface area contributed by atoms with Crippen molar-refractivity contribution in [3.63, 3.8) is 0 Å². The minimum Gasteiger partial charge on any atom is -0.377 e. The molecule has 0 aliphatic heterocycles. The van der Waals surface area contributed by atoms with Crippen molar-refractivity contribution < 1.29 is 56.8 Å². The van der Waals surface area contributed by atoms with E-state index in [1.165, 1.54) is 0 Å². The molecule has 0 saturated carbocycles. The van der Waals surface area contributed by atoms with Gasteiger partial charge in [-0.05, 0) is 16.7 Å². The molecule has 3 aromatic carbocycles. The van der Waals surface area contributed by atoms with Crippen molar-refractivity contribution in [3.8, 4) is 12.3 Å².